The van der Waals surface area contributed by atoms with Gasteiger partial charge in [0.2, 0.25) is 11.8 Å². The van der Waals surface area contributed by atoms with Crippen molar-refractivity contribution in [2.24, 2.45) is 9.98 Å². The van der Waals surface area contributed by atoms with Gasteiger partial charge in [-0.3, -0.25) is 0 Å². The molecule has 2 aliphatic heterocycles. The lowest BCUT2D eigenvalue weighted by atomic mass is 9.86. The second-order valence-corrected chi connectivity index (χ2v) is 11.7. The smallest absolute Gasteiger partial charge is 0.236 e. The number of rotatable bonds is 4. The first-order valence-electron chi connectivity index (χ1n) is 12.7. The molecule has 2 aromatic carbocycles. The minimum atomic E-state index is -0.0278. The average Bonchev–Trinajstić information content (AvgIpc) is 3.54. The van der Waals surface area contributed by atoms with Crippen LogP contribution in [-0.4, -0.2) is 30.0 Å². The van der Waals surface area contributed by atoms with Gasteiger partial charge in [-0.25, -0.2) is 15.0 Å². The van der Waals surface area contributed by atoms with Gasteiger partial charge >= 0.3 is 0 Å². The van der Waals surface area contributed by atoms with Gasteiger partial charge in [-0.05, 0) is 45.2 Å². The van der Waals surface area contributed by atoms with E-state index in [1.807, 2.05) is 18.2 Å². The van der Waals surface area contributed by atoms with E-state index in [0.717, 1.165) is 11.1 Å². The summed E-state index contributed by atoms with van der Waals surface area (Å²) in [4.78, 5) is 14.4. The maximum Gasteiger partial charge on any atom is 0.236 e. The Kier molecular flexibility index (Phi) is 6.19. The fraction of sp³-hybridized carbons (Fsp3) is 0.387. The molecule has 2 atom stereocenters. The van der Waals surface area contributed by atoms with Crippen LogP contribution in [0.3, 0.4) is 0 Å². The Labute approximate surface area is 214 Å². The van der Waals surface area contributed by atoms with Gasteiger partial charge in [0, 0.05) is 0 Å². The molecule has 0 radical (unpaired) electrons. The number of benzene rings is 2. The lowest BCUT2D eigenvalue weighted by molar-refractivity contribution is 0.317. The molecule has 0 saturated heterocycles. The molecule has 186 valence electrons. The Bertz CT molecular complexity index is 1190. The van der Waals surface area contributed by atoms with Crippen LogP contribution in [0.25, 0.3) is 0 Å². The Hall–Kier alpha value is -3.47. The zero-order valence-corrected chi connectivity index (χ0v) is 22.1. The molecule has 0 saturated carbocycles. The quantitative estimate of drug-likeness (QED) is 0.416. The van der Waals surface area contributed by atoms with Crippen molar-refractivity contribution < 1.29 is 9.47 Å². The molecule has 5 heteroatoms. The van der Waals surface area contributed by atoms with E-state index >= 15 is 0 Å². The molecule has 0 unspecified atom stereocenters. The highest BCUT2D eigenvalue weighted by Gasteiger charge is 2.26. The van der Waals surface area contributed by atoms with Crippen LogP contribution in [-0.2, 0) is 20.3 Å². The Balaban J connectivity index is 1.32. The number of nitrogens with zero attached hydrogens (tertiary/aromatic N) is 3. The summed E-state index contributed by atoms with van der Waals surface area (Å²) >= 11 is 0. The van der Waals surface area contributed by atoms with Gasteiger partial charge in [0.05, 0.1) is 0 Å². The second-order valence-electron chi connectivity index (χ2n) is 11.7. The van der Waals surface area contributed by atoms with Gasteiger partial charge in [0.1, 0.15) is 36.7 Å². The number of hydrogen-bond donors (Lipinski definition) is 0. The van der Waals surface area contributed by atoms with Crippen LogP contribution < -0.4 is 0 Å². The molecule has 5 rings (SSSR count). The summed E-state index contributed by atoms with van der Waals surface area (Å²) < 4.78 is 11.9. The van der Waals surface area contributed by atoms with Crippen LogP contribution in [0.5, 0.6) is 0 Å². The molecule has 0 N–H and O–H groups in total. The molecule has 2 aliphatic rings. The zero-order chi connectivity index (χ0) is 25.5. The molecule has 0 bridgehead atoms. The van der Waals surface area contributed by atoms with E-state index in [9.17, 15) is 0 Å². The molecule has 0 amide bonds. The molecule has 0 aliphatic carbocycles. The van der Waals surface area contributed by atoms with Crippen LogP contribution in [0.1, 0.15) is 87.3 Å². The number of hydrogen-bond acceptors (Lipinski definition) is 5. The van der Waals surface area contributed by atoms with Crippen molar-refractivity contribution in [1.29, 1.82) is 0 Å². The van der Waals surface area contributed by atoms with Crippen molar-refractivity contribution in [3.05, 3.63) is 100 Å². The van der Waals surface area contributed by atoms with Crippen LogP contribution in [0.4, 0.5) is 0 Å². The van der Waals surface area contributed by atoms with E-state index in [1.54, 1.807) is 0 Å². The Morgan fingerprint density at radius 3 is 1.33 bits per heavy atom. The minimum absolute atomic E-state index is 0.0278. The zero-order valence-electron chi connectivity index (χ0n) is 22.1. The van der Waals surface area contributed by atoms with Gasteiger partial charge in [-0.15, -0.1) is 0 Å². The molecule has 0 spiro atoms. The fourth-order valence-electron chi connectivity index (χ4n) is 4.45. The molecule has 0 fully saturated rings. The monoisotopic (exact) mass is 481 g/mol. The van der Waals surface area contributed by atoms with E-state index in [0.29, 0.717) is 36.4 Å². The number of aliphatic imine (C=N–C) groups is 2. The third kappa shape index (κ3) is 5.06. The summed E-state index contributed by atoms with van der Waals surface area (Å²) in [6.45, 7) is 14.4. The summed E-state index contributed by atoms with van der Waals surface area (Å²) in [6, 6.07) is 23.1. The van der Waals surface area contributed by atoms with Gasteiger partial charge < -0.3 is 9.47 Å². The number of pyridine rings is 1. The SMILES string of the molecule is CC(C)(C)c1ccc([C@H]2COC(c3cccc(C4=N[C@@H](c5ccc(C(C)(C)C)cc5)CO4)n3)=N2)cc1. The molecular weight excluding hydrogens is 446 g/mol. The standard InChI is InChI=1S/C31H35N3O2/c1-30(2,3)22-14-10-20(11-15-22)26-18-35-28(33-26)24-8-7-9-25(32-24)29-34-27(19-36-29)21-12-16-23(17-13-21)31(4,5)6/h7-17,26-27H,18-19H2,1-6H3/t26-,27-/m1/s1. The molecular formula is C31H35N3O2. The van der Waals surface area contributed by atoms with Gasteiger partial charge in [-0.1, -0.05) is 96.1 Å². The topological polar surface area (TPSA) is 56.1 Å². The van der Waals surface area contributed by atoms with E-state index < -0.39 is 0 Å². The van der Waals surface area contributed by atoms with Gasteiger partial charge in [0.25, 0.3) is 0 Å². The summed E-state index contributed by atoms with van der Waals surface area (Å²) in [5, 5.41) is 0. The first-order chi connectivity index (χ1) is 17.1. The highest BCUT2D eigenvalue weighted by Crippen LogP contribution is 2.30. The summed E-state index contributed by atoms with van der Waals surface area (Å²) in [6.07, 6.45) is 0. The van der Waals surface area contributed by atoms with Crippen LogP contribution in [0.2, 0.25) is 0 Å². The molecule has 3 heterocycles. The summed E-state index contributed by atoms with van der Waals surface area (Å²) in [7, 11) is 0. The maximum absolute atomic E-state index is 5.96. The molecule has 3 aromatic rings. The maximum atomic E-state index is 5.96. The normalized spacial score (nSPS) is 19.9. The number of aromatic nitrogens is 1. The first-order valence-corrected chi connectivity index (χ1v) is 12.7. The summed E-state index contributed by atoms with van der Waals surface area (Å²) in [5.41, 5.74) is 6.58. The predicted octanol–water partition coefficient (Wildman–Crippen LogP) is 6.71. The molecule has 36 heavy (non-hydrogen) atoms. The lowest BCUT2D eigenvalue weighted by Crippen LogP contribution is -2.11. The van der Waals surface area contributed by atoms with Crippen LogP contribution in [0, 0.1) is 0 Å². The van der Waals surface area contributed by atoms with Crippen LogP contribution >= 0.6 is 0 Å². The fourth-order valence-corrected chi connectivity index (χ4v) is 4.45. The van der Waals surface area contributed by atoms with Crippen molar-refractivity contribution >= 4 is 11.8 Å². The van der Waals surface area contributed by atoms with E-state index in [4.69, 9.17) is 24.4 Å². The van der Waals surface area contributed by atoms with Gasteiger partial charge in [0.15, 0.2) is 0 Å². The first kappa shape index (κ1) is 24.2. The van der Waals surface area contributed by atoms with E-state index in [-0.39, 0.29) is 22.9 Å². The average molecular weight is 482 g/mol. The molecule has 5 nitrogen and oxygen atoms in total. The predicted molar refractivity (Wildman–Crippen MR) is 145 cm³/mol. The summed E-state index contributed by atoms with van der Waals surface area (Å²) in [5.74, 6) is 1.13. The Morgan fingerprint density at radius 1 is 0.583 bits per heavy atom. The van der Waals surface area contributed by atoms with Crippen molar-refractivity contribution in [3.63, 3.8) is 0 Å². The van der Waals surface area contributed by atoms with Crippen molar-refractivity contribution in [3.8, 4) is 0 Å². The van der Waals surface area contributed by atoms with E-state index in [1.165, 1.54) is 11.1 Å². The highest BCUT2D eigenvalue weighted by molar-refractivity contribution is 5.97. The van der Waals surface area contributed by atoms with Gasteiger partial charge in [-0.2, -0.15) is 0 Å². The largest absolute Gasteiger partial charge is 0.474 e. The third-order valence-corrected chi connectivity index (χ3v) is 6.81. The second kappa shape index (κ2) is 9.20. The van der Waals surface area contributed by atoms with Crippen molar-refractivity contribution in [1.82, 2.24) is 4.98 Å². The third-order valence-electron chi connectivity index (χ3n) is 6.81. The minimum Gasteiger partial charge on any atom is -0.474 e. The van der Waals surface area contributed by atoms with Crippen molar-refractivity contribution in [2.45, 2.75) is 64.5 Å². The van der Waals surface area contributed by atoms with Crippen molar-refractivity contribution in [2.75, 3.05) is 13.2 Å². The highest BCUT2D eigenvalue weighted by atomic mass is 16.5. The van der Waals surface area contributed by atoms with E-state index in [2.05, 4.69) is 90.1 Å². The Morgan fingerprint density at radius 2 is 0.972 bits per heavy atom. The van der Waals surface area contributed by atoms with Crippen LogP contribution in [0.15, 0.2) is 76.7 Å². The lowest BCUT2D eigenvalue weighted by Gasteiger charge is -2.19. The molecule has 1 aromatic heterocycles. The number of ether oxygens (including phenoxy) is 2.